The van der Waals surface area contributed by atoms with E-state index in [9.17, 15) is 4.79 Å². The quantitative estimate of drug-likeness (QED) is 0.913. The van der Waals surface area contributed by atoms with Crippen molar-refractivity contribution in [1.82, 2.24) is 14.8 Å². The molecule has 0 aromatic carbocycles. The number of piperidine rings is 2. The summed E-state index contributed by atoms with van der Waals surface area (Å²) in [7, 11) is 0. The summed E-state index contributed by atoms with van der Waals surface area (Å²) in [6.45, 7) is 4.97. The molecule has 23 heavy (non-hydrogen) atoms. The number of hydrogen-bond acceptors (Lipinski definition) is 3. The fraction of sp³-hybridized carbons (Fsp3) is 0.667. The van der Waals surface area contributed by atoms with Crippen molar-refractivity contribution in [2.75, 3.05) is 25.0 Å². The largest absolute Gasteiger partial charge is 0.324 e. The van der Waals surface area contributed by atoms with Gasteiger partial charge >= 0.3 is 6.03 Å². The average Bonchev–Trinajstić information content (AvgIpc) is 3.38. The van der Waals surface area contributed by atoms with Gasteiger partial charge in [-0.3, -0.25) is 10.2 Å². The summed E-state index contributed by atoms with van der Waals surface area (Å²) in [6.07, 6.45) is 6.43. The van der Waals surface area contributed by atoms with Gasteiger partial charge in [0.2, 0.25) is 0 Å². The third-order valence-electron chi connectivity index (χ3n) is 5.54. The van der Waals surface area contributed by atoms with Gasteiger partial charge < -0.3 is 4.90 Å². The molecule has 2 atom stereocenters. The molecule has 3 aliphatic rings. The fourth-order valence-electron chi connectivity index (χ4n) is 4.29. The highest BCUT2D eigenvalue weighted by molar-refractivity contribution is 5.88. The number of fused-ring (bicyclic) bond motifs is 1. The van der Waals surface area contributed by atoms with Crippen LogP contribution in [0.4, 0.5) is 10.6 Å². The van der Waals surface area contributed by atoms with Crippen LogP contribution in [0.2, 0.25) is 0 Å². The van der Waals surface area contributed by atoms with Gasteiger partial charge in [0.05, 0.1) is 0 Å². The molecule has 1 aliphatic carbocycles. The Morgan fingerprint density at radius 2 is 2.09 bits per heavy atom. The normalized spacial score (nSPS) is 28.3. The van der Waals surface area contributed by atoms with E-state index in [2.05, 4.69) is 15.2 Å². The molecular formula is C18H26N4O. The van der Waals surface area contributed by atoms with E-state index in [0.717, 1.165) is 31.2 Å². The Labute approximate surface area is 138 Å². The number of hydrogen-bond donors (Lipinski definition) is 1. The molecule has 1 saturated carbocycles. The molecule has 1 aromatic heterocycles. The highest BCUT2D eigenvalue weighted by atomic mass is 16.2. The summed E-state index contributed by atoms with van der Waals surface area (Å²) in [5, 5.41) is 2.96. The Hall–Kier alpha value is -1.62. The number of urea groups is 1. The molecule has 0 spiro atoms. The van der Waals surface area contributed by atoms with E-state index in [1.54, 1.807) is 0 Å². The molecular weight excluding hydrogens is 288 g/mol. The summed E-state index contributed by atoms with van der Waals surface area (Å²) in [4.78, 5) is 21.6. The van der Waals surface area contributed by atoms with Crippen LogP contribution in [0.3, 0.4) is 0 Å². The van der Waals surface area contributed by atoms with Crippen LogP contribution in [0.15, 0.2) is 18.2 Å². The zero-order valence-electron chi connectivity index (χ0n) is 13.9. The monoisotopic (exact) mass is 314 g/mol. The molecule has 1 N–H and O–H groups in total. The predicted octanol–water partition coefficient (Wildman–Crippen LogP) is 2.87. The topological polar surface area (TPSA) is 48.5 Å². The molecule has 2 aliphatic heterocycles. The second kappa shape index (κ2) is 6.11. The van der Waals surface area contributed by atoms with Crippen LogP contribution >= 0.6 is 0 Å². The Bertz CT molecular complexity index is 586. The number of likely N-dealkylation sites (tertiary alicyclic amines) is 2. The van der Waals surface area contributed by atoms with Gasteiger partial charge in [-0.25, -0.2) is 9.78 Å². The number of carbonyl (C=O) groups is 1. The van der Waals surface area contributed by atoms with Crippen LogP contribution in [0.1, 0.15) is 37.8 Å². The molecule has 5 heteroatoms. The van der Waals surface area contributed by atoms with Gasteiger partial charge in [0.15, 0.2) is 0 Å². The first kappa shape index (κ1) is 14.9. The van der Waals surface area contributed by atoms with Crippen LogP contribution < -0.4 is 5.32 Å². The maximum Gasteiger partial charge on any atom is 0.323 e. The van der Waals surface area contributed by atoms with Crippen molar-refractivity contribution in [2.45, 2.75) is 51.1 Å². The highest BCUT2D eigenvalue weighted by Gasteiger charge is 2.42. The summed E-state index contributed by atoms with van der Waals surface area (Å²) in [6, 6.07) is 7.28. The molecule has 3 heterocycles. The van der Waals surface area contributed by atoms with Gasteiger partial charge in [0.25, 0.3) is 0 Å². The number of carbonyl (C=O) groups excluding carboxylic acids is 1. The van der Waals surface area contributed by atoms with E-state index in [4.69, 9.17) is 0 Å². The minimum atomic E-state index is 0.00472. The predicted molar refractivity (Wildman–Crippen MR) is 90.4 cm³/mol. The van der Waals surface area contributed by atoms with Gasteiger partial charge in [-0.15, -0.1) is 0 Å². The van der Waals surface area contributed by atoms with Gasteiger partial charge in [-0.2, -0.15) is 0 Å². The first-order valence-electron chi connectivity index (χ1n) is 8.96. The van der Waals surface area contributed by atoms with E-state index in [1.165, 1.54) is 32.2 Å². The maximum atomic E-state index is 12.5. The van der Waals surface area contributed by atoms with Crippen molar-refractivity contribution in [3.63, 3.8) is 0 Å². The minimum Gasteiger partial charge on any atom is -0.324 e. The van der Waals surface area contributed by atoms with Gasteiger partial charge in [0, 0.05) is 30.9 Å². The van der Waals surface area contributed by atoms with Gasteiger partial charge in [-0.1, -0.05) is 6.07 Å². The number of amides is 2. The lowest BCUT2D eigenvalue weighted by Crippen LogP contribution is -2.56. The van der Waals surface area contributed by atoms with Crippen molar-refractivity contribution in [2.24, 2.45) is 5.92 Å². The van der Waals surface area contributed by atoms with Gasteiger partial charge in [-0.05, 0) is 63.6 Å². The second-order valence-corrected chi connectivity index (χ2v) is 7.27. The third kappa shape index (κ3) is 3.20. The summed E-state index contributed by atoms with van der Waals surface area (Å²) in [5.74, 6) is 1.30. The zero-order valence-corrected chi connectivity index (χ0v) is 13.9. The molecule has 4 rings (SSSR count). The summed E-state index contributed by atoms with van der Waals surface area (Å²) in [5.41, 5.74) is 0.925. The average molecular weight is 314 g/mol. The van der Waals surface area contributed by atoms with Crippen molar-refractivity contribution >= 4 is 11.8 Å². The van der Waals surface area contributed by atoms with Crippen molar-refractivity contribution in [3.05, 3.63) is 23.9 Å². The smallest absolute Gasteiger partial charge is 0.323 e. The fourth-order valence-corrected chi connectivity index (χ4v) is 4.29. The SMILES string of the molecule is Cc1cccc(NC(=O)N2CCC3C(CCCN3C3CC3)C2)n1. The Balaban J connectivity index is 1.38. The van der Waals surface area contributed by atoms with Crippen LogP contribution in [-0.4, -0.2) is 52.5 Å². The molecule has 0 radical (unpaired) electrons. The molecule has 3 fully saturated rings. The molecule has 0 bridgehead atoms. The van der Waals surface area contributed by atoms with Crippen molar-refractivity contribution in [3.8, 4) is 0 Å². The number of nitrogens with zero attached hydrogens (tertiary/aromatic N) is 3. The Kier molecular flexibility index (Phi) is 3.97. The maximum absolute atomic E-state index is 12.5. The first-order valence-corrected chi connectivity index (χ1v) is 8.96. The van der Waals surface area contributed by atoms with Crippen molar-refractivity contribution in [1.29, 1.82) is 0 Å². The van der Waals surface area contributed by atoms with E-state index >= 15 is 0 Å². The Morgan fingerprint density at radius 3 is 2.87 bits per heavy atom. The highest BCUT2D eigenvalue weighted by Crippen LogP contribution is 2.38. The van der Waals surface area contributed by atoms with E-state index in [-0.39, 0.29) is 6.03 Å². The number of pyridine rings is 1. The number of rotatable bonds is 2. The summed E-state index contributed by atoms with van der Waals surface area (Å²) >= 11 is 0. The van der Waals surface area contributed by atoms with Gasteiger partial charge in [0.1, 0.15) is 5.82 Å². The van der Waals surface area contributed by atoms with E-state index < -0.39 is 0 Å². The molecule has 2 unspecified atom stereocenters. The number of aryl methyl sites for hydroxylation is 1. The second-order valence-electron chi connectivity index (χ2n) is 7.27. The van der Waals surface area contributed by atoms with E-state index in [0.29, 0.717) is 17.8 Å². The Morgan fingerprint density at radius 1 is 1.22 bits per heavy atom. The minimum absolute atomic E-state index is 0.00472. The molecule has 2 amide bonds. The van der Waals surface area contributed by atoms with Crippen LogP contribution in [0.25, 0.3) is 0 Å². The standard InChI is InChI=1S/C18H26N4O/c1-13-4-2-6-17(19-13)20-18(23)21-11-9-16-14(12-21)5-3-10-22(16)15-7-8-15/h2,4,6,14-16H,3,5,7-12H2,1H3,(H,19,20,23). The molecule has 1 aromatic rings. The third-order valence-corrected chi connectivity index (χ3v) is 5.54. The van der Waals surface area contributed by atoms with Crippen LogP contribution in [0, 0.1) is 12.8 Å². The van der Waals surface area contributed by atoms with E-state index in [1.807, 2.05) is 30.0 Å². The molecule has 2 saturated heterocycles. The zero-order chi connectivity index (χ0) is 15.8. The summed E-state index contributed by atoms with van der Waals surface area (Å²) < 4.78 is 0. The molecule has 5 nitrogen and oxygen atoms in total. The first-order chi connectivity index (χ1) is 11.2. The van der Waals surface area contributed by atoms with Crippen LogP contribution in [-0.2, 0) is 0 Å². The lowest BCUT2D eigenvalue weighted by atomic mass is 9.84. The lowest BCUT2D eigenvalue weighted by molar-refractivity contribution is 0.0315. The number of aromatic nitrogens is 1. The lowest BCUT2D eigenvalue weighted by Gasteiger charge is -2.47. The number of anilines is 1. The van der Waals surface area contributed by atoms with Crippen LogP contribution in [0.5, 0.6) is 0 Å². The molecule has 124 valence electrons. The van der Waals surface area contributed by atoms with Crippen molar-refractivity contribution < 1.29 is 4.79 Å². The number of nitrogens with one attached hydrogen (secondary N) is 1.